The van der Waals surface area contributed by atoms with Crippen LogP contribution in [0, 0.1) is 5.82 Å². The number of aromatic nitrogens is 1. The van der Waals surface area contributed by atoms with Gasteiger partial charge in [0.05, 0.1) is 38.6 Å². The Morgan fingerprint density at radius 1 is 1.07 bits per heavy atom. The fraction of sp³-hybridized carbons (Fsp3) is 0.333. The Balaban J connectivity index is 1.28. The molecular formula is C30H32FN5O4S. The maximum Gasteiger partial charge on any atom is 0.256 e. The Morgan fingerprint density at radius 3 is 2.44 bits per heavy atom. The Bertz CT molecular complexity index is 1370. The number of carbonyl (C=O) groups is 2. The SMILES string of the molecule is COc1ccc(NC(=O)CC2C(=O)N(c3ccc(F)cc3)C(=S)N2CCc2ccc(CN3CCOCC3)cc2)nc1. The van der Waals surface area contributed by atoms with Gasteiger partial charge in [-0.25, -0.2) is 9.37 Å². The van der Waals surface area contributed by atoms with Gasteiger partial charge in [0, 0.05) is 26.2 Å². The first-order valence-electron chi connectivity index (χ1n) is 13.5. The van der Waals surface area contributed by atoms with Gasteiger partial charge in [-0.05, 0) is 66.2 Å². The highest BCUT2D eigenvalue weighted by Gasteiger charge is 2.44. The van der Waals surface area contributed by atoms with Gasteiger partial charge in [0.2, 0.25) is 5.91 Å². The van der Waals surface area contributed by atoms with E-state index in [9.17, 15) is 14.0 Å². The molecule has 0 saturated carbocycles. The van der Waals surface area contributed by atoms with Crippen LogP contribution >= 0.6 is 12.2 Å². The van der Waals surface area contributed by atoms with E-state index < -0.39 is 11.9 Å². The third-order valence-corrected chi connectivity index (χ3v) is 7.61. The van der Waals surface area contributed by atoms with Crippen molar-refractivity contribution in [1.29, 1.82) is 0 Å². The number of nitrogens with one attached hydrogen (secondary N) is 1. The van der Waals surface area contributed by atoms with Gasteiger partial charge in [-0.3, -0.25) is 19.4 Å². The van der Waals surface area contributed by atoms with Gasteiger partial charge in [0.25, 0.3) is 5.91 Å². The molecular weight excluding hydrogens is 545 g/mol. The molecule has 2 fully saturated rings. The monoisotopic (exact) mass is 577 g/mol. The molecule has 1 atom stereocenters. The molecule has 3 aromatic rings. The van der Waals surface area contributed by atoms with E-state index >= 15 is 0 Å². The minimum absolute atomic E-state index is 0.122. The smallest absolute Gasteiger partial charge is 0.256 e. The summed E-state index contributed by atoms with van der Waals surface area (Å²) in [5.41, 5.74) is 2.78. The maximum absolute atomic E-state index is 13.6. The Labute approximate surface area is 243 Å². The highest BCUT2D eigenvalue weighted by Crippen LogP contribution is 2.28. The summed E-state index contributed by atoms with van der Waals surface area (Å²) in [6.07, 6.45) is 2.00. The Hall–Kier alpha value is -3.93. The third-order valence-electron chi connectivity index (χ3n) is 7.20. The molecule has 2 aromatic carbocycles. The van der Waals surface area contributed by atoms with Crippen molar-refractivity contribution < 1.29 is 23.5 Å². The van der Waals surface area contributed by atoms with E-state index in [0.717, 1.165) is 38.4 Å². The number of halogens is 1. The van der Waals surface area contributed by atoms with E-state index in [1.807, 2.05) is 0 Å². The molecule has 9 nitrogen and oxygen atoms in total. The van der Waals surface area contributed by atoms with Crippen LogP contribution in [0.5, 0.6) is 5.75 Å². The zero-order valence-electron chi connectivity index (χ0n) is 22.8. The number of rotatable bonds is 10. The van der Waals surface area contributed by atoms with E-state index in [1.165, 1.54) is 48.0 Å². The minimum Gasteiger partial charge on any atom is -0.495 e. The molecule has 3 heterocycles. The molecule has 1 N–H and O–H groups in total. The van der Waals surface area contributed by atoms with Crippen LogP contribution in [0.3, 0.4) is 0 Å². The number of amides is 2. The van der Waals surface area contributed by atoms with Gasteiger partial charge in [-0.15, -0.1) is 0 Å². The van der Waals surface area contributed by atoms with Crippen molar-refractivity contribution in [2.24, 2.45) is 0 Å². The first kappa shape index (κ1) is 28.6. The average Bonchev–Trinajstić information content (AvgIpc) is 3.22. The molecule has 5 rings (SSSR count). The second-order valence-electron chi connectivity index (χ2n) is 9.93. The number of pyridine rings is 1. The lowest BCUT2D eigenvalue weighted by atomic mass is 10.1. The van der Waals surface area contributed by atoms with Crippen molar-refractivity contribution >= 4 is 40.6 Å². The van der Waals surface area contributed by atoms with Gasteiger partial charge in [-0.1, -0.05) is 24.3 Å². The fourth-order valence-corrected chi connectivity index (χ4v) is 5.35. The first-order chi connectivity index (χ1) is 19.9. The number of benzene rings is 2. The zero-order valence-corrected chi connectivity index (χ0v) is 23.6. The number of morpholine rings is 1. The summed E-state index contributed by atoms with van der Waals surface area (Å²) in [4.78, 5) is 36.3. The molecule has 1 aromatic heterocycles. The van der Waals surface area contributed by atoms with Crippen LogP contribution in [0.25, 0.3) is 0 Å². The Kier molecular flexibility index (Phi) is 9.17. The number of hydrogen-bond acceptors (Lipinski definition) is 7. The van der Waals surface area contributed by atoms with E-state index in [0.29, 0.717) is 30.2 Å². The van der Waals surface area contributed by atoms with Gasteiger partial charge >= 0.3 is 0 Å². The molecule has 1 unspecified atom stereocenters. The number of carbonyl (C=O) groups excluding carboxylic acids is 2. The zero-order chi connectivity index (χ0) is 28.8. The summed E-state index contributed by atoms with van der Waals surface area (Å²) in [6, 6.07) is 16.5. The molecule has 2 aliphatic heterocycles. The van der Waals surface area contributed by atoms with E-state index in [-0.39, 0.29) is 23.3 Å². The second kappa shape index (κ2) is 13.2. The number of nitrogens with zero attached hydrogens (tertiary/aromatic N) is 4. The van der Waals surface area contributed by atoms with E-state index in [4.69, 9.17) is 21.7 Å². The van der Waals surface area contributed by atoms with Gasteiger partial charge in [-0.2, -0.15) is 0 Å². The van der Waals surface area contributed by atoms with Gasteiger partial charge < -0.3 is 19.7 Å². The molecule has 41 heavy (non-hydrogen) atoms. The molecule has 2 saturated heterocycles. The maximum atomic E-state index is 13.6. The molecule has 0 bridgehead atoms. The van der Waals surface area contributed by atoms with Crippen molar-refractivity contribution in [3.8, 4) is 5.75 Å². The van der Waals surface area contributed by atoms with Crippen molar-refractivity contribution in [2.45, 2.75) is 25.4 Å². The molecule has 0 radical (unpaired) electrons. The lowest BCUT2D eigenvalue weighted by Crippen LogP contribution is -2.39. The molecule has 214 valence electrons. The van der Waals surface area contributed by atoms with E-state index in [1.54, 1.807) is 17.0 Å². The van der Waals surface area contributed by atoms with Gasteiger partial charge in [0.1, 0.15) is 23.4 Å². The standard InChI is InChI=1S/C30H32FN5O4S/c1-39-25-10-11-27(32-19-25)33-28(37)18-26-29(38)36(24-8-6-23(31)7-9-24)30(41)35(26)13-12-21-2-4-22(5-3-21)20-34-14-16-40-17-15-34/h2-11,19,26H,12-18,20H2,1H3,(H,32,33,37). The lowest BCUT2D eigenvalue weighted by molar-refractivity contribution is -0.124. The predicted molar refractivity (Wildman–Crippen MR) is 157 cm³/mol. The minimum atomic E-state index is -0.814. The van der Waals surface area contributed by atoms with Crippen molar-refractivity contribution in [1.82, 2.24) is 14.8 Å². The van der Waals surface area contributed by atoms with Crippen LogP contribution in [0.15, 0.2) is 66.9 Å². The summed E-state index contributed by atoms with van der Waals surface area (Å²) in [7, 11) is 1.53. The summed E-state index contributed by atoms with van der Waals surface area (Å²) < 4.78 is 24.1. The molecule has 0 aliphatic carbocycles. The quantitative estimate of drug-likeness (QED) is 0.366. The molecule has 2 amide bonds. The lowest BCUT2D eigenvalue weighted by Gasteiger charge is -2.26. The van der Waals surface area contributed by atoms with Crippen LogP contribution in [-0.4, -0.2) is 77.7 Å². The number of methoxy groups -OCH3 is 1. The van der Waals surface area contributed by atoms with Crippen LogP contribution in [0.1, 0.15) is 17.5 Å². The second-order valence-corrected chi connectivity index (χ2v) is 10.3. The first-order valence-corrected chi connectivity index (χ1v) is 13.9. The average molecular weight is 578 g/mol. The molecule has 11 heteroatoms. The topological polar surface area (TPSA) is 87.2 Å². The van der Waals surface area contributed by atoms with Crippen LogP contribution in [0.2, 0.25) is 0 Å². The van der Waals surface area contributed by atoms with Crippen molar-refractivity contribution in [3.05, 3.63) is 83.8 Å². The fourth-order valence-electron chi connectivity index (χ4n) is 4.94. The number of anilines is 2. The van der Waals surface area contributed by atoms with Crippen molar-refractivity contribution in [3.63, 3.8) is 0 Å². The van der Waals surface area contributed by atoms with E-state index in [2.05, 4.69) is 39.5 Å². The normalized spacial score (nSPS) is 17.7. The largest absolute Gasteiger partial charge is 0.495 e. The summed E-state index contributed by atoms with van der Waals surface area (Å²) in [5.74, 6) is -0.205. The number of hydrogen-bond donors (Lipinski definition) is 1. The highest BCUT2D eigenvalue weighted by molar-refractivity contribution is 7.80. The Morgan fingerprint density at radius 2 is 1.78 bits per heavy atom. The third kappa shape index (κ3) is 7.05. The van der Waals surface area contributed by atoms with Crippen LogP contribution in [-0.2, 0) is 27.3 Å². The van der Waals surface area contributed by atoms with Gasteiger partial charge in [0.15, 0.2) is 5.11 Å². The molecule has 0 spiro atoms. The number of ether oxygens (including phenoxy) is 2. The summed E-state index contributed by atoms with van der Waals surface area (Å²) >= 11 is 5.73. The van der Waals surface area contributed by atoms with Crippen LogP contribution in [0.4, 0.5) is 15.9 Å². The summed E-state index contributed by atoms with van der Waals surface area (Å²) in [6.45, 7) is 4.69. The highest BCUT2D eigenvalue weighted by atomic mass is 32.1. The summed E-state index contributed by atoms with van der Waals surface area (Å²) in [5, 5.41) is 3.03. The van der Waals surface area contributed by atoms with Crippen molar-refractivity contribution in [2.75, 3.05) is 50.2 Å². The van der Waals surface area contributed by atoms with Crippen LogP contribution < -0.4 is 15.0 Å². The number of thiocarbonyl (C=S) groups is 1. The molecule has 2 aliphatic rings. The predicted octanol–water partition coefficient (Wildman–Crippen LogP) is 3.64.